The van der Waals surface area contributed by atoms with Crippen molar-refractivity contribution in [1.29, 1.82) is 0 Å². The average Bonchev–Trinajstić information content (AvgIpc) is 3.98. The standard InChI is InChI=1S/C19H32NP.C19H28NP.C2H7N.7C2H6N.CH3.2Zr/c2*1-14(2)17-12-9-13-18(15(3)4)19(17)20-21(5,6)16-10-7-8-11-16;8*1-3-2;;;/h9,12-16H,7-8,10-11H2,1-6H3;7-15,20H,1-6H3;3H,1-2H3;7*1-2H3;1H3;;/q;;;8*-1;2*+4. The molecule has 2 aliphatic rings. The van der Waals surface area contributed by atoms with Gasteiger partial charge in [0.25, 0.3) is 0 Å². The first kappa shape index (κ1) is 88.3. The third-order valence-electron chi connectivity index (χ3n) is 8.97. The van der Waals surface area contributed by atoms with Crippen molar-refractivity contribution in [3.05, 3.63) is 128 Å². The summed E-state index contributed by atoms with van der Waals surface area (Å²) < 4.78 is 5.43. The molecular formula is C55H112N10P2Zr2. The molecule has 0 aromatic heterocycles. The molecule has 0 radical (unpaired) electrons. The van der Waals surface area contributed by atoms with Gasteiger partial charge in [-0.25, -0.2) is 0 Å². The van der Waals surface area contributed by atoms with Crippen LogP contribution in [0.15, 0.2) is 65.4 Å². The number of anilines is 1. The summed E-state index contributed by atoms with van der Waals surface area (Å²) in [6, 6.07) is 13.5. The number of hydrogen-bond donors (Lipinski definition) is 2. The first-order valence-electron chi connectivity index (χ1n) is 23.6. The molecular weight excluding hydrogens is 1050 g/mol. The van der Waals surface area contributed by atoms with Crippen molar-refractivity contribution >= 4 is 30.8 Å². The van der Waals surface area contributed by atoms with Crippen molar-refractivity contribution in [2.45, 2.75) is 110 Å². The van der Waals surface area contributed by atoms with Crippen LogP contribution in [-0.2, 0) is 52.4 Å². The molecule has 1 saturated carbocycles. The molecule has 2 aliphatic carbocycles. The van der Waals surface area contributed by atoms with E-state index in [1.54, 1.807) is 98.7 Å². The van der Waals surface area contributed by atoms with Gasteiger partial charge in [0.05, 0.1) is 5.69 Å². The van der Waals surface area contributed by atoms with E-state index >= 15 is 0 Å². The Morgan fingerprint density at radius 2 is 0.739 bits per heavy atom. The van der Waals surface area contributed by atoms with Crippen molar-refractivity contribution in [2.75, 3.05) is 145 Å². The van der Waals surface area contributed by atoms with Crippen LogP contribution in [0, 0.1) is 7.43 Å². The summed E-state index contributed by atoms with van der Waals surface area (Å²) in [7, 11) is 25.7. The Kier molecular flexibility index (Phi) is 75.0. The van der Waals surface area contributed by atoms with E-state index in [0.717, 1.165) is 5.66 Å². The number of allylic oxidation sites excluding steroid dienone is 4. The van der Waals surface area contributed by atoms with E-state index < -0.39 is 14.1 Å². The predicted octanol–water partition coefficient (Wildman–Crippen LogP) is 17.4. The minimum Gasteiger partial charge on any atom is -0.668 e. The number of rotatable bonds is 8. The molecule has 2 N–H and O–H groups in total. The Balaban J connectivity index is -0.0000000994. The third kappa shape index (κ3) is 46.0. The van der Waals surface area contributed by atoms with Crippen LogP contribution in [0.3, 0.4) is 0 Å². The Morgan fingerprint density at radius 1 is 0.493 bits per heavy atom. The molecule has 0 bridgehead atoms. The van der Waals surface area contributed by atoms with Crippen LogP contribution >= 0.6 is 14.1 Å². The van der Waals surface area contributed by atoms with Gasteiger partial charge in [-0.15, -0.1) is 0 Å². The Hall–Kier alpha value is -0.304. The fourth-order valence-corrected chi connectivity index (χ4v) is 10.7. The van der Waals surface area contributed by atoms with Crippen LogP contribution in [-0.4, -0.2) is 150 Å². The molecule has 0 spiro atoms. The molecule has 2 aromatic rings. The molecule has 69 heavy (non-hydrogen) atoms. The SMILES string of the molecule is CC(C)c1cccc(C(C)C)c1N=P(C)(C)C1CCCC1.CC(C)c1cccc(C(C)C)c1NP(C)(C)=C1C=CC=C1.CNC.C[N-]C.C[N-]C.C[N-]C.C[N-]C.C[N-]C.C[N-]C.C[N-]C.[CH3-].[Zr+4].[Zr+4]. The van der Waals surface area contributed by atoms with E-state index in [1.165, 1.54) is 64.6 Å². The molecule has 0 unspecified atom stereocenters. The van der Waals surface area contributed by atoms with E-state index in [4.69, 9.17) is 4.74 Å². The fourth-order valence-electron chi connectivity index (χ4n) is 6.26. The molecule has 4 rings (SSSR count). The maximum Gasteiger partial charge on any atom is 4.00 e. The van der Waals surface area contributed by atoms with Gasteiger partial charge in [0.15, 0.2) is 0 Å². The summed E-state index contributed by atoms with van der Waals surface area (Å²) in [6.07, 6.45) is 14.4. The maximum atomic E-state index is 5.43. The molecule has 14 heteroatoms. The van der Waals surface area contributed by atoms with E-state index in [-0.39, 0.29) is 59.8 Å². The fraction of sp³-hybridized carbons (Fsp3) is 0.673. The molecule has 1 fully saturated rings. The van der Waals surface area contributed by atoms with Crippen LogP contribution in [0.1, 0.15) is 127 Å². The van der Waals surface area contributed by atoms with Crippen molar-refractivity contribution < 1.29 is 52.4 Å². The van der Waals surface area contributed by atoms with Crippen molar-refractivity contribution in [3.8, 4) is 0 Å². The first-order valence-corrected chi connectivity index (χ1v) is 29.0. The van der Waals surface area contributed by atoms with E-state index in [1.807, 2.05) is 14.1 Å². The summed E-state index contributed by atoms with van der Waals surface area (Å²) in [4.78, 5) is 0. The minimum atomic E-state index is -1.35. The number of hydrogen-bond acceptors (Lipinski definition) is 3. The normalized spacial score (nSPS) is 11.7. The van der Waals surface area contributed by atoms with E-state index in [0.29, 0.717) is 23.7 Å². The van der Waals surface area contributed by atoms with Crippen molar-refractivity contribution in [1.82, 2.24) is 5.32 Å². The molecule has 0 saturated heterocycles. The summed E-state index contributed by atoms with van der Waals surface area (Å²) in [5.74, 6) is 2.16. The van der Waals surface area contributed by atoms with Gasteiger partial charge in [-0.05, 0) is 125 Å². The van der Waals surface area contributed by atoms with Crippen LogP contribution < -0.4 is 10.4 Å². The first-order chi connectivity index (χ1) is 31.0. The molecule has 10 nitrogen and oxygen atoms in total. The molecule has 400 valence electrons. The molecule has 2 aromatic carbocycles. The van der Waals surface area contributed by atoms with Crippen LogP contribution in [0.25, 0.3) is 37.2 Å². The van der Waals surface area contributed by atoms with Crippen LogP contribution in [0.4, 0.5) is 11.4 Å². The second-order valence-corrected chi connectivity index (χ2v) is 25.6. The molecule has 0 amide bonds. The van der Waals surface area contributed by atoms with Gasteiger partial charge in [0, 0.05) is 5.69 Å². The number of nitrogens with one attached hydrogen (secondary N) is 2. The third-order valence-corrected chi connectivity index (χ3v) is 14.4. The zero-order valence-electron chi connectivity index (χ0n) is 50.5. The number of para-hydroxylation sites is 1. The second-order valence-electron chi connectivity index (χ2n) is 18.1. The quantitative estimate of drug-likeness (QED) is 0.201. The van der Waals surface area contributed by atoms with Gasteiger partial charge in [0.2, 0.25) is 0 Å². The number of benzene rings is 2. The van der Waals surface area contributed by atoms with Gasteiger partial charge >= 0.3 is 52.4 Å². The zero-order chi connectivity index (χ0) is 52.9. The summed E-state index contributed by atoms with van der Waals surface area (Å²) in [5, 5.41) is 32.6. The number of nitrogens with zero attached hydrogens (tertiary/aromatic N) is 8. The van der Waals surface area contributed by atoms with E-state index in [9.17, 15) is 0 Å². The predicted molar refractivity (Wildman–Crippen MR) is 326 cm³/mol. The molecule has 0 atom stereocenters. The van der Waals surface area contributed by atoms with Gasteiger partial charge in [-0.3, -0.25) is 4.74 Å². The van der Waals surface area contributed by atoms with E-state index in [2.05, 4.69) is 190 Å². The minimum absolute atomic E-state index is 0. The Morgan fingerprint density at radius 3 is 0.986 bits per heavy atom. The molecule has 0 aliphatic heterocycles. The largest absolute Gasteiger partial charge is 4.00 e. The van der Waals surface area contributed by atoms with Crippen LogP contribution in [0.5, 0.6) is 0 Å². The van der Waals surface area contributed by atoms with Gasteiger partial charge in [-0.1, -0.05) is 129 Å². The smallest absolute Gasteiger partial charge is 0.668 e. The Labute approximate surface area is 472 Å². The maximum absolute atomic E-state index is 5.43. The summed E-state index contributed by atoms with van der Waals surface area (Å²) >= 11 is 0. The average molecular weight is 1160 g/mol. The Bertz CT molecular complexity index is 1450. The summed E-state index contributed by atoms with van der Waals surface area (Å²) in [6.45, 7) is 27.9. The van der Waals surface area contributed by atoms with Crippen LogP contribution in [0.2, 0.25) is 0 Å². The van der Waals surface area contributed by atoms with Gasteiger partial charge in [-0.2, -0.15) is 98.7 Å². The summed E-state index contributed by atoms with van der Waals surface area (Å²) in [5.41, 5.74) is 9.29. The molecule has 0 heterocycles. The monoisotopic (exact) mass is 1150 g/mol. The topological polar surface area (TPSA) is 135 Å². The zero-order valence-corrected chi connectivity index (χ0v) is 57.2. The second kappa shape index (κ2) is 58.6. The van der Waals surface area contributed by atoms with Crippen molar-refractivity contribution in [2.24, 2.45) is 4.74 Å². The van der Waals surface area contributed by atoms with Gasteiger partial charge in [0.1, 0.15) is 0 Å². The van der Waals surface area contributed by atoms with Crippen molar-refractivity contribution in [3.63, 3.8) is 0 Å². The van der Waals surface area contributed by atoms with Gasteiger partial charge < -0.3 is 55.0 Å².